The number of nitro groups is 5. The van der Waals surface area contributed by atoms with E-state index in [1.54, 1.807) is 120 Å². The molecule has 7 aromatic heterocycles. The Hall–Kier alpha value is -12.8. The number of halogens is 1. The Morgan fingerprint density at radius 3 is 1.17 bits per heavy atom. The second kappa shape index (κ2) is 58.1. The van der Waals surface area contributed by atoms with Gasteiger partial charge in [-0.05, 0) is 301 Å². The van der Waals surface area contributed by atoms with Crippen LogP contribution in [-0.2, 0) is 19.1 Å². The van der Waals surface area contributed by atoms with Gasteiger partial charge in [0.25, 0.3) is 28.4 Å². The Kier molecular flexibility index (Phi) is 47.9. The largest absolute Gasteiger partial charge is 0.444 e. The van der Waals surface area contributed by atoms with Gasteiger partial charge in [-0.25, -0.2) is 9.59 Å². The van der Waals surface area contributed by atoms with Crippen molar-refractivity contribution in [2.75, 3.05) is 46.8 Å². The average molecular weight is 2180 g/mol. The SMILES string of the molecule is C.CCO.CN(C(=O)OC(C)(C)C)C1CCCC(c2c[nH]c3ccc(N)cc23)C1.CN(C(=O)OC(C)(C)C)C1CCCC(c2c[nH]c3ccc([N+](=O)[O-])cc23)C1.CNC1CCCC(c2c[nH]c3ccc([N+](=O)[O-])cc23)C1.CNC1CCCC(c2c[nH]c3ccc([N+](=O)[O-])cc23)C1.CSC(=N)c1cccs1.I.NN.O.O=C1C=CCCC1.O=C1CCCC(c2c[nH]c3ccc([N+](=O)[O-])cc23)C1.O=[N+]([O-])c1ccc2[nH]ccc2c1. The second-order valence-corrected chi connectivity index (χ2v) is 40.6. The van der Waals surface area contributed by atoms with E-state index < -0.39 is 16.1 Å². The van der Waals surface area contributed by atoms with E-state index in [0.29, 0.717) is 47.7 Å². The van der Waals surface area contributed by atoms with Crippen molar-refractivity contribution in [2.24, 2.45) is 11.7 Å². The lowest BCUT2D eigenvalue weighted by Gasteiger charge is -2.36. The molecular weight excluding hydrogens is 2030 g/mol. The first-order valence-electron chi connectivity index (χ1n) is 49.0. The Morgan fingerprint density at radius 1 is 0.497 bits per heavy atom. The van der Waals surface area contributed by atoms with Crippen molar-refractivity contribution in [3.63, 3.8) is 0 Å². The summed E-state index contributed by atoms with van der Waals surface area (Å²) in [5.41, 5.74) is 18.1. The molecule has 0 bridgehead atoms. The van der Waals surface area contributed by atoms with E-state index in [9.17, 15) is 69.7 Å². The molecule has 2 amide bonds. The van der Waals surface area contributed by atoms with Crippen LogP contribution in [0.25, 0.3) is 65.4 Å². The molecule has 9 atom stereocenters. The number of hydrogen-bond donors (Lipinski definition) is 13. The van der Waals surface area contributed by atoms with E-state index in [0.717, 1.165) is 191 Å². The number of benzene rings is 6. The number of H-pyrrole nitrogens is 6. The minimum atomic E-state index is -0.519. The van der Waals surface area contributed by atoms with Gasteiger partial charge in [0.1, 0.15) is 22.0 Å². The molecule has 0 saturated heterocycles. The molecule has 13 aromatic rings. The molecule has 0 spiro atoms. The van der Waals surface area contributed by atoms with Crippen molar-refractivity contribution in [1.29, 1.82) is 5.41 Å². The molecule has 147 heavy (non-hydrogen) atoms. The van der Waals surface area contributed by atoms with Crippen LogP contribution in [-0.4, -0.2) is 180 Å². The molecule has 0 aliphatic heterocycles. The number of aromatic nitrogens is 6. The van der Waals surface area contributed by atoms with Gasteiger partial charge in [-0.2, -0.15) is 0 Å². The number of aliphatic hydroxyl groups excluding tert-OH is 1. The van der Waals surface area contributed by atoms with Gasteiger partial charge in [-0.3, -0.25) is 77.3 Å². The maximum Gasteiger partial charge on any atom is 0.410 e. The van der Waals surface area contributed by atoms with Gasteiger partial charge < -0.3 is 76.1 Å². The third-order valence-electron chi connectivity index (χ3n) is 26.8. The third-order valence-corrected chi connectivity index (χ3v) is 28.4. The number of hydrazine groups is 1. The number of thioether (sulfide) groups is 1. The summed E-state index contributed by atoms with van der Waals surface area (Å²) in [5.74, 6) is 10.4. The molecule has 9 unspecified atom stereocenters. The minimum Gasteiger partial charge on any atom is -0.444 e. The lowest BCUT2D eigenvalue weighted by molar-refractivity contribution is -0.384. The number of hydrogen-bond acceptors (Lipinski definition) is 25. The highest BCUT2D eigenvalue weighted by atomic mass is 127. The summed E-state index contributed by atoms with van der Waals surface area (Å²) in [5, 5.41) is 84.3. The molecule has 5 saturated carbocycles. The van der Waals surface area contributed by atoms with Crippen molar-refractivity contribution < 1.29 is 63.9 Å². The predicted octanol–water partition coefficient (Wildman–Crippen LogP) is 24.6. The maximum absolute atomic E-state index is 12.4. The number of aliphatic hydroxyl groups is 1. The quantitative estimate of drug-likeness (QED) is 0.00862. The number of non-ortho nitro benzene ring substituents is 5. The number of nitrogens with two attached hydrogens (primary N) is 3. The van der Waals surface area contributed by atoms with Crippen molar-refractivity contribution in [3.05, 3.63) is 265 Å². The predicted molar refractivity (Wildman–Crippen MR) is 599 cm³/mol. The Morgan fingerprint density at radius 2 is 0.844 bits per heavy atom. The first-order chi connectivity index (χ1) is 68.8. The minimum absolute atomic E-state index is 0. The first kappa shape index (κ1) is 121. The molecule has 0 radical (unpaired) electrons. The maximum atomic E-state index is 12.4. The fourth-order valence-corrected chi connectivity index (χ4v) is 20.7. The molecule has 37 nitrogen and oxygen atoms in total. The Labute approximate surface area is 881 Å². The van der Waals surface area contributed by atoms with Crippen molar-refractivity contribution >= 4 is 175 Å². The van der Waals surface area contributed by atoms with Crippen LogP contribution in [0.4, 0.5) is 43.7 Å². The molecule has 796 valence electrons. The smallest absolute Gasteiger partial charge is 0.410 e. The molecule has 6 aliphatic rings. The number of allylic oxidation sites excluding steroid dienone is 2. The van der Waals surface area contributed by atoms with Gasteiger partial charge in [0.15, 0.2) is 5.78 Å². The number of ketones is 2. The summed E-state index contributed by atoms with van der Waals surface area (Å²) in [4.78, 5) is 123. The van der Waals surface area contributed by atoms with Crippen molar-refractivity contribution in [2.45, 2.75) is 269 Å². The van der Waals surface area contributed by atoms with Crippen LogP contribution < -0.4 is 28.1 Å². The van der Waals surface area contributed by atoms with Gasteiger partial charge in [0, 0.05) is 233 Å². The third kappa shape index (κ3) is 34.7. The number of Topliss-reactive ketones (excluding diaryl/α,β-unsaturated/α-hetero) is 1. The number of nitrogens with zero attached hydrogens (tertiary/aromatic N) is 7. The standard InChI is InChI=1S/C20H27N3O4.C20H29N3O2.2C15H19N3O2.C14H14N2O3.C8H6N2O2.C6H7NS2.C6H8O.C2H6O.CH4.HI.H4N2.H2O/c1-20(2,3)27-19(24)22(4)14-7-5-6-13(10-14)17-12-21-18-9-8-15(23(25)26)11-16(17)18;1-20(2,3)25-19(24)23(4)15-7-5-6-13(10-15)17-12-22-18-9-8-14(21)11-16(17)18;2*1-16-11-4-2-3-10(7-11)14-9-17-15-6-5-12(18(19)20)8-13(14)15;17-11-3-1-2-9(6-11)13-8-15-14-5-4-10(16(18)19)7-12(13)14;11-10(12)7-1-2-8-6(5-7)3-4-9-8;1-8-6(7)5-3-2-4-9-5;7-6-4-2-1-3-5-6;1-2-3;;;1-2;/h8-9,11-14,21H,5-7,10H2,1-4H3;8-9,11-13,15,22H,5-7,10,21H2,1-4H3;2*5-6,8-11,16-17H,2-4,7H2,1H3;4-5,7-9,15H,1-3,6H2;1-5,9H;2-4,7H,1H3;2,4H,1,3,5H2;3H,2H2,1H3;1H4;1H;1-2H2;1H2. The summed E-state index contributed by atoms with van der Waals surface area (Å²) in [6.07, 6.45) is 40.1. The monoisotopic (exact) mass is 2180 g/mol. The number of nitro benzene ring substituents is 5. The molecule has 40 heteroatoms. The topological polar surface area (TPSA) is 581 Å². The summed E-state index contributed by atoms with van der Waals surface area (Å²) in [7, 11) is 7.66. The highest BCUT2D eigenvalue weighted by molar-refractivity contribution is 14.0. The Balaban J connectivity index is 0.000000231. The number of ether oxygens (including phenoxy) is 2. The number of fused-ring (bicyclic) bond motifs is 6. The molecule has 19 rings (SSSR count). The molecular formula is C107H146IN19O18S2. The normalized spacial score (nSPS) is 18.8. The number of thiophene rings is 1. The lowest BCUT2D eigenvalue weighted by atomic mass is 9.81. The van der Waals surface area contributed by atoms with E-state index in [4.69, 9.17) is 25.7 Å². The summed E-state index contributed by atoms with van der Waals surface area (Å²) >= 11 is 3.09. The fraction of sp³-hybridized carbons (Fsp3) is 0.449. The first-order valence-corrected chi connectivity index (χ1v) is 51.1. The number of carbonyl (C=O) groups is 4. The number of amides is 2. The van der Waals surface area contributed by atoms with Gasteiger partial charge >= 0.3 is 12.2 Å². The summed E-state index contributed by atoms with van der Waals surface area (Å²) < 4.78 is 11.0. The molecule has 18 N–H and O–H groups in total. The van der Waals surface area contributed by atoms with Gasteiger partial charge in [-0.15, -0.1) is 47.1 Å². The van der Waals surface area contributed by atoms with Crippen molar-refractivity contribution in [1.82, 2.24) is 50.3 Å². The number of rotatable bonds is 15. The van der Waals surface area contributed by atoms with Gasteiger partial charge in [0.2, 0.25) is 0 Å². The number of aromatic amines is 6. The molecule has 5 fully saturated rings. The van der Waals surface area contributed by atoms with E-state index in [1.165, 1.54) is 77.7 Å². The van der Waals surface area contributed by atoms with E-state index in [2.05, 4.69) is 58.4 Å². The molecule has 7 heterocycles. The zero-order valence-electron chi connectivity index (χ0n) is 85.1. The molecule has 6 aromatic carbocycles. The summed E-state index contributed by atoms with van der Waals surface area (Å²) in [6.45, 7) is 13.2. The Bertz CT molecular complexity index is 6420. The van der Waals surface area contributed by atoms with E-state index in [-0.39, 0.29) is 139 Å². The van der Waals surface area contributed by atoms with Crippen LogP contribution in [0.2, 0.25) is 0 Å². The number of nitrogens with one attached hydrogen (secondary N) is 9. The highest BCUT2D eigenvalue weighted by Crippen LogP contribution is 2.45. The van der Waals surface area contributed by atoms with E-state index >= 15 is 0 Å². The van der Waals surface area contributed by atoms with E-state index in [1.807, 2.05) is 142 Å². The van der Waals surface area contributed by atoms with Crippen LogP contribution in [0.5, 0.6) is 0 Å². The molecule has 6 aliphatic carbocycles. The zero-order chi connectivity index (χ0) is 105. The second-order valence-electron chi connectivity index (χ2n) is 38.8. The highest BCUT2D eigenvalue weighted by Gasteiger charge is 2.36. The fourth-order valence-electron chi connectivity index (χ4n) is 19.5. The van der Waals surface area contributed by atoms with Gasteiger partial charge in [0.05, 0.1) is 29.5 Å². The summed E-state index contributed by atoms with van der Waals surface area (Å²) in [6, 6.07) is 37.7. The lowest BCUT2D eigenvalue weighted by Crippen LogP contribution is -2.42. The van der Waals surface area contributed by atoms with Crippen LogP contribution in [0, 0.1) is 56.0 Å². The zero-order valence-corrected chi connectivity index (χ0v) is 89.0. The number of carbonyl (C=O) groups excluding carboxylic acids is 4. The van der Waals surface area contributed by atoms with Crippen LogP contribution in [0.1, 0.15) is 266 Å². The van der Waals surface area contributed by atoms with Gasteiger partial charge in [-0.1, -0.05) is 45.3 Å². The number of anilines is 1. The van der Waals surface area contributed by atoms with Crippen LogP contribution in [0.15, 0.2) is 182 Å². The average Bonchev–Trinajstić information content (AvgIpc) is 2.53. The number of nitrogen functional groups attached to an aromatic ring is 1. The van der Waals surface area contributed by atoms with Crippen LogP contribution >= 0.6 is 47.1 Å². The van der Waals surface area contributed by atoms with Crippen LogP contribution in [0.3, 0.4) is 0 Å². The van der Waals surface area contributed by atoms with Crippen molar-refractivity contribution in [3.8, 4) is 0 Å².